The lowest BCUT2D eigenvalue weighted by molar-refractivity contribution is 0.0951. The number of para-hydroxylation sites is 1. The van der Waals surface area contributed by atoms with Crippen molar-refractivity contribution in [3.8, 4) is 0 Å². The van der Waals surface area contributed by atoms with Gasteiger partial charge in [0.25, 0.3) is 15.9 Å². The zero-order valence-electron chi connectivity index (χ0n) is 16.9. The Balaban J connectivity index is 1.60. The maximum atomic E-state index is 12.9. The van der Waals surface area contributed by atoms with Gasteiger partial charge in [0.2, 0.25) is 0 Å². The standard InChI is InChI=1S/C22H29N3O3S/c1-24(20-11-4-2-5-12-20)29(27,28)21-13-8-10-19(18-21)22(26)23-14-9-17-25-15-6-3-7-16-25/h2,4-5,8,10-13,18H,3,6-7,9,14-17H2,1H3,(H,23,26). The van der Waals surface area contributed by atoms with Crippen LogP contribution in [0.3, 0.4) is 0 Å². The van der Waals surface area contributed by atoms with Gasteiger partial charge in [-0.1, -0.05) is 30.7 Å². The molecule has 1 amide bonds. The molecule has 7 heteroatoms. The van der Waals surface area contributed by atoms with E-state index in [1.54, 1.807) is 36.4 Å². The smallest absolute Gasteiger partial charge is 0.264 e. The fourth-order valence-corrected chi connectivity index (χ4v) is 4.76. The van der Waals surface area contributed by atoms with E-state index in [1.165, 1.54) is 42.7 Å². The SMILES string of the molecule is CN(c1ccccc1)S(=O)(=O)c1cccc(C(=O)NCCCN2CCCCC2)c1. The number of amides is 1. The number of carbonyl (C=O) groups excluding carboxylic acids is 1. The van der Waals surface area contributed by atoms with Crippen molar-refractivity contribution < 1.29 is 13.2 Å². The first-order valence-electron chi connectivity index (χ1n) is 10.1. The number of hydrogen-bond donors (Lipinski definition) is 1. The first-order chi connectivity index (χ1) is 14.0. The highest BCUT2D eigenvalue weighted by atomic mass is 32.2. The molecule has 1 saturated heterocycles. The quantitative estimate of drug-likeness (QED) is 0.673. The van der Waals surface area contributed by atoms with E-state index >= 15 is 0 Å². The number of piperidine rings is 1. The minimum atomic E-state index is -3.74. The van der Waals surface area contributed by atoms with E-state index in [4.69, 9.17) is 0 Å². The van der Waals surface area contributed by atoms with Crippen molar-refractivity contribution in [3.63, 3.8) is 0 Å². The zero-order valence-corrected chi connectivity index (χ0v) is 17.7. The Kier molecular flexibility index (Phi) is 7.28. The van der Waals surface area contributed by atoms with Crippen molar-refractivity contribution in [1.29, 1.82) is 0 Å². The van der Waals surface area contributed by atoms with Crippen molar-refractivity contribution in [2.75, 3.05) is 37.5 Å². The van der Waals surface area contributed by atoms with E-state index in [9.17, 15) is 13.2 Å². The van der Waals surface area contributed by atoms with Gasteiger partial charge in [-0.25, -0.2) is 8.42 Å². The molecular weight excluding hydrogens is 386 g/mol. The molecule has 1 N–H and O–H groups in total. The molecule has 1 aliphatic rings. The molecule has 0 aliphatic carbocycles. The summed E-state index contributed by atoms with van der Waals surface area (Å²) < 4.78 is 27.1. The molecule has 29 heavy (non-hydrogen) atoms. The van der Waals surface area contributed by atoms with Gasteiger partial charge < -0.3 is 10.2 Å². The normalized spacial score (nSPS) is 15.1. The van der Waals surface area contributed by atoms with Crippen LogP contribution in [0.25, 0.3) is 0 Å². The first-order valence-corrected chi connectivity index (χ1v) is 11.6. The van der Waals surface area contributed by atoms with Gasteiger partial charge in [0.05, 0.1) is 10.6 Å². The summed E-state index contributed by atoms with van der Waals surface area (Å²) in [6.45, 7) is 3.85. The topological polar surface area (TPSA) is 69.7 Å². The number of anilines is 1. The van der Waals surface area contributed by atoms with E-state index in [2.05, 4.69) is 10.2 Å². The maximum Gasteiger partial charge on any atom is 0.264 e. The number of likely N-dealkylation sites (tertiary alicyclic amines) is 1. The summed E-state index contributed by atoms with van der Waals surface area (Å²) in [5.74, 6) is -0.247. The molecule has 1 aliphatic heterocycles. The van der Waals surface area contributed by atoms with E-state index in [1.807, 2.05) is 6.07 Å². The van der Waals surface area contributed by atoms with Crippen LogP contribution < -0.4 is 9.62 Å². The van der Waals surface area contributed by atoms with Crippen LogP contribution in [0.5, 0.6) is 0 Å². The fourth-order valence-electron chi connectivity index (χ4n) is 3.52. The number of hydrogen-bond acceptors (Lipinski definition) is 4. The average molecular weight is 416 g/mol. The monoisotopic (exact) mass is 415 g/mol. The van der Waals surface area contributed by atoms with E-state index in [-0.39, 0.29) is 10.8 Å². The zero-order chi connectivity index (χ0) is 20.7. The molecule has 2 aromatic rings. The maximum absolute atomic E-state index is 12.9. The van der Waals surface area contributed by atoms with Gasteiger partial charge in [0, 0.05) is 19.2 Å². The number of rotatable bonds is 8. The lowest BCUT2D eigenvalue weighted by Crippen LogP contribution is -2.33. The fraction of sp³-hybridized carbons (Fsp3) is 0.409. The third kappa shape index (κ3) is 5.58. The van der Waals surface area contributed by atoms with Crippen molar-refractivity contribution in [2.45, 2.75) is 30.6 Å². The number of carbonyl (C=O) groups is 1. The van der Waals surface area contributed by atoms with Crippen molar-refractivity contribution in [2.24, 2.45) is 0 Å². The summed E-state index contributed by atoms with van der Waals surface area (Å²) in [6.07, 6.45) is 4.71. The van der Waals surface area contributed by atoms with Gasteiger partial charge in [0.1, 0.15) is 0 Å². The predicted molar refractivity (Wildman–Crippen MR) is 116 cm³/mol. The summed E-state index contributed by atoms with van der Waals surface area (Å²) >= 11 is 0. The van der Waals surface area contributed by atoms with Gasteiger partial charge in [-0.05, 0) is 69.2 Å². The average Bonchev–Trinajstić information content (AvgIpc) is 2.77. The van der Waals surface area contributed by atoms with Crippen LogP contribution in [-0.2, 0) is 10.0 Å². The Hall–Kier alpha value is -2.38. The highest BCUT2D eigenvalue weighted by Gasteiger charge is 2.22. The second kappa shape index (κ2) is 9.89. The second-order valence-electron chi connectivity index (χ2n) is 7.35. The van der Waals surface area contributed by atoms with Gasteiger partial charge in [-0.3, -0.25) is 9.10 Å². The molecule has 1 fully saturated rings. The molecule has 3 rings (SSSR count). The number of sulfonamides is 1. The summed E-state index contributed by atoms with van der Waals surface area (Å²) in [5, 5.41) is 2.90. The number of nitrogens with zero attached hydrogens (tertiary/aromatic N) is 2. The van der Waals surface area contributed by atoms with Gasteiger partial charge in [-0.15, -0.1) is 0 Å². The molecule has 0 radical (unpaired) electrons. The largest absolute Gasteiger partial charge is 0.352 e. The number of benzene rings is 2. The Labute approximate surface area is 173 Å². The highest BCUT2D eigenvalue weighted by molar-refractivity contribution is 7.92. The molecule has 0 atom stereocenters. The summed E-state index contributed by atoms with van der Waals surface area (Å²) in [4.78, 5) is 15.0. The molecule has 156 valence electrons. The predicted octanol–water partition coefficient (Wildman–Crippen LogP) is 3.12. The van der Waals surface area contributed by atoms with Crippen molar-refractivity contribution in [1.82, 2.24) is 10.2 Å². The van der Waals surface area contributed by atoms with E-state index in [0.29, 0.717) is 17.8 Å². The molecule has 2 aromatic carbocycles. The van der Waals surface area contributed by atoms with E-state index < -0.39 is 10.0 Å². The second-order valence-corrected chi connectivity index (χ2v) is 9.32. The Bertz CT molecular complexity index is 910. The van der Waals surface area contributed by atoms with Crippen LogP contribution in [-0.4, -0.2) is 52.5 Å². The van der Waals surface area contributed by atoms with Gasteiger partial charge in [0.15, 0.2) is 0 Å². The molecule has 0 saturated carbocycles. The van der Waals surface area contributed by atoms with Crippen LogP contribution >= 0.6 is 0 Å². The molecule has 0 spiro atoms. The molecule has 1 heterocycles. The van der Waals surface area contributed by atoms with Gasteiger partial charge >= 0.3 is 0 Å². The number of nitrogens with one attached hydrogen (secondary N) is 1. The van der Waals surface area contributed by atoms with Crippen LogP contribution in [0.2, 0.25) is 0 Å². The summed E-state index contributed by atoms with van der Waals surface area (Å²) in [5.41, 5.74) is 0.922. The van der Waals surface area contributed by atoms with Crippen LogP contribution in [0.4, 0.5) is 5.69 Å². The van der Waals surface area contributed by atoms with Crippen LogP contribution in [0.1, 0.15) is 36.0 Å². The lowest BCUT2D eigenvalue weighted by Gasteiger charge is -2.26. The molecular formula is C22H29N3O3S. The molecule has 0 unspecified atom stereocenters. The third-order valence-electron chi connectivity index (χ3n) is 5.26. The Morgan fingerprint density at radius 1 is 1.03 bits per heavy atom. The summed E-state index contributed by atoms with van der Waals surface area (Å²) in [6, 6.07) is 15.1. The highest BCUT2D eigenvalue weighted by Crippen LogP contribution is 2.22. The Morgan fingerprint density at radius 2 is 1.76 bits per heavy atom. The van der Waals surface area contributed by atoms with Crippen molar-refractivity contribution in [3.05, 3.63) is 60.2 Å². The first kappa shape index (κ1) is 21.3. The minimum absolute atomic E-state index is 0.102. The van der Waals surface area contributed by atoms with Crippen LogP contribution in [0, 0.1) is 0 Å². The molecule has 0 aromatic heterocycles. The minimum Gasteiger partial charge on any atom is -0.352 e. The van der Waals surface area contributed by atoms with Crippen molar-refractivity contribution >= 4 is 21.6 Å². The van der Waals surface area contributed by atoms with Gasteiger partial charge in [-0.2, -0.15) is 0 Å². The summed E-state index contributed by atoms with van der Waals surface area (Å²) in [7, 11) is -2.23. The lowest BCUT2D eigenvalue weighted by atomic mass is 10.1. The van der Waals surface area contributed by atoms with Crippen LogP contribution in [0.15, 0.2) is 59.5 Å². The van der Waals surface area contributed by atoms with E-state index in [0.717, 1.165) is 26.1 Å². The molecule has 6 nitrogen and oxygen atoms in total. The third-order valence-corrected chi connectivity index (χ3v) is 7.04. The molecule has 0 bridgehead atoms. The Morgan fingerprint density at radius 3 is 2.48 bits per heavy atom.